The highest BCUT2D eigenvalue weighted by Crippen LogP contribution is 2.46. The largest absolute Gasteiger partial charge is 0.309 e. The SMILES string of the molecule is CC(C)(C)c1cc2ccc3c(-c4ccc(-c5ccc(-n6c7ccccc7c7ccccc76)cc5)cc4)cc(-c4ccc(-c5ccc(-n6c7ccccc7c7ccccc76)cc5)cc4)c4ccc(c1)c2c34. The van der Waals surface area contributed by atoms with Crippen LogP contribution in [-0.2, 0) is 5.41 Å². The zero-order chi connectivity index (χ0) is 46.7. The Morgan fingerprint density at radius 2 is 0.586 bits per heavy atom. The van der Waals surface area contributed by atoms with E-state index in [9.17, 15) is 0 Å². The van der Waals surface area contributed by atoms with Crippen molar-refractivity contribution in [1.82, 2.24) is 9.13 Å². The summed E-state index contributed by atoms with van der Waals surface area (Å²) in [6, 6.07) is 88.0. The summed E-state index contributed by atoms with van der Waals surface area (Å²) in [5.74, 6) is 0. The first kappa shape index (κ1) is 40.4. The maximum absolute atomic E-state index is 2.44. The van der Waals surface area contributed by atoms with Crippen molar-refractivity contribution in [3.05, 3.63) is 242 Å². The Morgan fingerprint density at radius 3 is 0.929 bits per heavy atom. The predicted molar refractivity (Wildman–Crippen MR) is 299 cm³/mol. The third kappa shape index (κ3) is 6.26. The number of nitrogens with zero attached hydrogens (tertiary/aromatic N) is 2. The van der Waals surface area contributed by atoms with Crippen LogP contribution in [0.1, 0.15) is 26.3 Å². The summed E-state index contributed by atoms with van der Waals surface area (Å²) in [6.07, 6.45) is 0. The van der Waals surface area contributed by atoms with Crippen LogP contribution in [0.25, 0.3) is 132 Å². The first-order valence-electron chi connectivity index (χ1n) is 24.5. The maximum Gasteiger partial charge on any atom is 0.0541 e. The number of para-hydroxylation sites is 4. The van der Waals surface area contributed by atoms with Gasteiger partial charge < -0.3 is 9.13 Å². The Morgan fingerprint density at radius 1 is 0.271 bits per heavy atom. The van der Waals surface area contributed by atoms with Crippen molar-refractivity contribution in [1.29, 1.82) is 0 Å². The number of hydrogen-bond acceptors (Lipinski definition) is 0. The van der Waals surface area contributed by atoms with Gasteiger partial charge in [0, 0.05) is 32.9 Å². The Labute approximate surface area is 407 Å². The Kier molecular flexibility index (Phi) is 8.88. The molecule has 0 aliphatic carbocycles. The normalized spacial score (nSPS) is 12.2. The summed E-state index contributed by atoms with van der Waals surface area (Å²) in [4.78, 5) is 0. The highest BCUT2D eigenvalue weighted by atomic mass is 15.0. The van der Waals surface area contributed by atoms with Crippen LogP contribution in [0.3, 0.4) is 0 Å². The molecule has 2 nitrogen and oxygen atoms in total. The maximum atomic E-state index is 2.44. The van der Waals surface area contributed by atoms with Crippen LogP contribution in [-0.4, -0.2) is 9.13 Å². The molecule has 0 radical (unpaired) electrons. The smallest absolute Gasteiger partial charge is 0.0541 e. The van der Waals surface area contributed by atoms with E-state index < -0.39 is 0 Å². The third-order valence-electron chi connectivity index (χ3n) is 15.1. The van der Waals surface area contributed by atoms with Gasteiger partial charge in [0.15, 0.2) is 0 Å². The average Bonchev–Trinajstić information content (AvgIpc) is 3.93. The molecule has 0 amide bonds. The molecule has 2 aromatic heterocycles. The summed E-state index contributed by atoms with van der Waals surface area (Å²) in [5.41, 5.74) is 18.3. The molecule has 0 saturated carbocycles. The van der Waals surface area contributed by atoms with Crippen molar-refractivity contribution < 1.29 is 0 Å². The van der Waals surface area contributed by atoms with Gasteiger partial charge in [-0.3, -0.25) is 0 Å². The van der Waals surface area contributed by atoms with E-state index in [1.807, 2.05) is 0 Å². The molecule has 0 fully saturated rings. The van der Waals surface area contributed by atoms with E-state index in [2.05, 4.69) is 266 Å². The fourth-order valence-electron chi connectivity index (χ4n) is 11.5. The quantitative estimate of drug-likeness (QED) is 0.147. The minimum Gasteiger partial charge on any atom is -0.309 e. The molecule has 0 N–H and O–H groups in total. The minimum atomic E-state index is 0.0426. The lowest BCUT2D eigenvalue weighted by Gasteiger charge is -2.23. The second-order valence-electron chi connectivity index (χ2n) is 20.1. The molecule has 70 heavy (non-hydrogen) atoms. The Balaban J connectivity index is 0.848. The molecule has 12 aromatic carbocycles. The van der Waals surface area contributed by atoms with Crippen LogP contribution in [0.5, 0.6) is 0 Å². The molecule has 0 aliphatic heterocycles. The van der Waals surface area contributed by atoms with E-state index in [4.69, 9.17) is 0 Å². The van der Waals surface area contributed by atoms with E-state index in [-0.39, 0.29) is 5.41 Å². The molecule has 0 saturated heterocycles. The van der Waals surface area contributed by atoms with Gasteiger partial charge in [-0.05, 0) is 142 Å². The van der Waals surface area contributed by atoms with Gasteiger partial charge in [-0.2, -0.15) is 0 Å². The lowest BCUT2D eigenvalue weighted by molar-refractivity contribution is 0.591. The highest BCUT2D eigenvalue weighted by Gasteiger charge is 2.21. The molecule has 330 valence electrons. The highest BCUT2D eigenvalue weighted by molar-refractivity contribution is 6.28. The van der Waals surface area contributed by atoms with Gasteiger partial charge in [0.25, 0.3) is 0 Å². The zero-order valence-corrected chi connectivity index (χ0v) is 39.4. The molecule has 0 spiro atoms. The molecular formula is C68H48N2. The number of aromatic nitrogens is 2. The standard InChI is InChI=1S/C68H48N2/c1-68(2,3)51-40-49-32-38-58-60(47-24-20-43(21-25-47)45-28-34-52(35-29-45)69-62-16-8-4-12-54(62)55-13-5-9-17-63(55)69)42-61(59-39-33-50(41-51)66(49)67(58)59)48-26-22-44(23-27-48)46-30-36-53(37-31-46)70-64-18-10-6-14-56(64)57-15-7-11-19-65(57)70/h4-42H,1-3H3. The molecule has 14 rings (SSSR count). The van der Waals surface area contributed by atoms with Crippen LogP contribution in [0.15, 0.2) is 237 Å². The molecule has 2 heterocycles. The lowest BCUT2D eigenvalue weighted by Crippen LogP contribution is -2.10. The second kappa shape index (κ2) is 15.4. The first-order chi connectivity index (χ1) is 34.3. The third-order valence-corrected chi connectivity index (χ3v) is 15.1. The van der Waals surface area contributed by atoms with E-state index in [1.54, 1.807) is 0 Å². The fourth-order valence-corrected chi connectivity index (χ4v) is 11.5. The summed E-state index contributed by atoms with van der Waals surface area (Å²) in [5, 5.41) is 12.9. The summed E-state index contributed by atoms with van der Waals surface area (Å²) in [6.45, 7) is 6.93. The van der Waals surface area contributed by atoms with Crippen molar-refractivity contribution in [3.8, 4) is 55.9 Å². The fraction of sp³-hybridized carbons (Fsp3) is 0.0588. The van der Waals surface area contributed by atoms with E-state index in [1.165, 1.54) is 126 Å². The average molecular weight is 893 g/mol. The van der Waals surface area contributed by atoms with Gasteiger partial charge >= 0.3 is 0 Å². The molecule has 0 aliphatic rings. The monoisotopic (exact) mass is 892 g/mol. The summed E-state index contributed by atoms with van der Waals surface area (Å²) in [7, 11) is 0. The van der Waals surface area contributed by atoms with Gasteiger partial charge in [0.05, 0.1) is 22.1 Å². The van der Waals surface area contributed by atoms with Crippen molar-refractivity contribution in [2.45, 2.75) is 26.2 Å². The molecular weight excluding hydrogens is 845 g/mol. The van der Waals surface area contributed by atoms with Gasteiger partial charge in [0.1, 0.15) is 0 Å². The zero-order valence-electron chi connectivity index (χ0n) is 39.4. The van der Waals surface area contributed by atoms with Gasteiger partial charge in [-0.25, -0.2) is 0 Å². The second-order valence-corrected chi connectivity index (χ2v) is 20.1. The van der Waals surface area contributed by atoms with E-state index >= 15 is 0 Å². The van der Waals surface area contributed by atoms with Crippen LogP contribution in [0.2, 0.25) is 0 Å². The van der Waals surface area contributed by atoms with Crippen LogP contribution in [0, 0.1) is 0 Å². The molecule has 0 unspecified atom stereocenters. The van der Waals surface area contributed by atoms with Crippen molar-refractivity contribution in [2.75, 3.05) is 0 Å². The minimum absolute atomic E-state index is 0.0426. The van der Waals surface area contributed by atoms with Crippen LogP contribution < -0.4 is 0 Å². The molecule has 0 atom stereocenters. The first-order valence-corrected chi connectivity index (χ1v) is 24.5. The lowest BCUT2D eigenvalue weighted by atomic mass is 9.81. The van der Waals surface area contributed by atoms with Crippen molar-refractivity contribution >= 4 is 75.9 Å². The molecule has 14 aromatic rings. The number of benzene rings is 12. The van der Waals surface area contributed by atoms with Crippen molar-refractivity contribution in [3.63, 3.8) is 0 Å². The van der Waals surface area contributed by atoms with Gasteiger partial charge in [-0.15, -0.1) is 0 Å². The van der Waals surface area contributed by atoms with Gasteiger partial charge in [-0.1, -0.05) is 203 Å². The summed E-state index contributed by atoms with van der Waals surface area (Å²) >= 11 is 0. The van der Waals surface area contributed by atoms with Crippen molar-refractivity contribution in [2.24, 2.45) is 0 Å². The predicted octanol–water partition coefficient (Wildman–Crippen LogP) is 18.7. The summed E-state index contributed by atoms with van der Waals surface area (Å²) < 4.78 is 4.76. The van der Waals surface area contributed by atoms with Gasteiger partial charge in [0.2, 0.25) is 0 Å². The van der Waals surface area contributed by atoms with E-state index in [0.29, 0.717) is 0 Å². The number of fused-ring (bicyclic) bond motifs is 6. The molecule has 2 heteroatoms. The topological polar surface area (TPSA) is 9.86 Å². The van der Waals surface area contributed by atoms with Crippen LogP contribution in [0.4, 0.5) is 0 Å². The Bertz CT molecular complexity index is 3950. The number of hydrogen-bond donors (Lipinski definition) is 0. The van der Waals surface area contributed by atoms with E-state index in [0.717, 1.165) is 11.4 Å². The van der Waals surface area contributed by atoms with Crippen LogP contribution >= 0.6 is 0 Å². The number of rotatable bonds is 6. The Hall–Kier alpha value is -8.72. The molecule has 0 bridgehead atoms.